The number of nitrogens with zero attached hydrogens (tertiary/aromatic N) is 4. The number of carbonyl (C=O) groups excluding carboxylic acids is 1. The first-order chi connectivity index (χ1) is 15.0. The van der Waals surface area contributed by atoms with Crippen LogP contribution in [0.4, 0.5) is 0 Å². The minimum absolute atomic E-state index is 0.0172. The van der Waals surface area contributed by atoms with Crippen LogP contribution >= 0.6 is 15.9 Å². The van der Waals surface area contributed by atoms with Gasteiger partial charge in [0.25, 0.3) is 5.91 Å². The van der Waals surface area contributed by atoms with Crippen LogP contribution in [0.15, 0.2) is 63.9 Å². The Labute approximate surface area is 188 Å². The zero-order valence-corrected chi connectivity index (χ0v) is 18.8. The summed E-state index contributed by atoms with van der Waals surface area (Å²) >= 11 is 3.45. The van der Waals surface area contributed by atoms with Gasteiger partial charge in [0, 0.05) is 22.4 Å². The van der Waals surface area contributed by atoms with Gasteiger partial charge in [-0.15, -0.1) is 0 Å². The summed E-state index contributed by atoms with van der Waals surface area (Å²) in [6.45, 7) is 4.46. The van der Waals surface area contributed by atoms with Crippen LogP contribution in [0.25, 0.3) is 11.4 Å². The second kappa shape index (κ2) is 7.94. The van der Waals surface area contributed by atoms with E-state index < -0.39 is 0 Å². The van der Waals surface area contributed by atoms with E-state index in [-0.39, 0.29) is 24.5 Å². The van der Waals surface area contributed by atoms with E-state index in [0.29, 0.717) is 18.1 Å². The second-order valence-corrected chi connectivity index (χ2v) is 8.89. The Morgan fingerprint density at radius 1 is 1.16 bits per heavy atom. The van der Waals surface area contributed by atoms with E-state index in [0.717, 1.165) is 10.0 Å². The van der Waals surface area contributed by atoms with Crippen LogP contribution in [-0.4, -0.2) is 32.0 Å². The Balaban J connectivity index is 1.29. The van der Waals surface area contributed by atoms with E-state index in [1.165, 1.54) is 16.7 Å². The van der Waals surface area contributed by atoms with Gasteiger partial charge in [0.1, 0.15) is 12.6 Å². The largest absolute Gasteiger partial charge is 0.337 e. The van der Waals surface area contributed by atoms with Crippen molar-refractivity contribution in [3.63, 3.8) is 0 Å². The standard InChI is InChI=1S/C23H22BrN5O2/c1-14-6-7-16(10-15(14)2)19-12-20-23(30)28(8-9-29(20)26-19)13-21-25-22(27-31-21)17-4-3-5-18(24)11-17/h3-11,19-20,26H,12-13H2,1-2H3. The quantitative estimate of drug-likeness (QED) is 0.602. The number of carbonyl (C=O) groups is 1. The van der Waals surface area contributed by atoms with Gasteiger partial charge in [-0.3, -0.25) is 4.79 Å². The lowest BCUT2D eigenvalue weighted by molar-refractivity contribution is -0.135. The second-order valence-electron chi connectivity index (χ2n) is 7.97. The number of nitrogens with one attached hydrogen (secondary N) is 1. The van der Waals surface area contributed by atoms with Crippen LogP contribution in [0.2, 0.25) is 0 Å². The number of hydrogen-bond acceptors (Lipinski definition) is 6. The molecule has 0 aliphatic carbocycles. The maximum atomic E-state index is 13.1. The van der Waals surface area contributed by atoms with Crippen LogP contribution in [0.1, 0.15) is 35.0 Å². The van der Waals surface area contributed by atoms with E-state index in [9.17, 15) is 4.79 Å². The normalized spacial score (nSPS) is 20.4. The number of fused-ring (bicyclic) bond motifs is 1. The van der Waals surface area contributed by atoms with Gasteiger partial charge in [0.2, 0.25) is 11.7 Å². The number of hydrazine groups is 1. The molecule has 0 radical (unpaired) electrons. The summed E-state index contributed by atoms with van der Waals surface area (Å²) in [5.41, 5.74) is 8.02. The van der Waals surface area contributed by atoms with Crippen LogP contribution in [0.5, 0.6) is 0 Å². The first kappa shape index (κ1) is 20.0. The van der Waals surface area contributed by atoms with E-state index in [1.54, 1.807) is 11.1 Å². The SMILES string of the molecule is Cc1ccc(C2CC3C(=O)N(Cc4nc(-c5cccc(Br)c5)no4)C=CN3N2)cc1C. The van der Waals surface area contributed by atoms with Crippen LogP contribution < -0.4 is 5.43 Å². The fourth-order valence-electron chi connectivity index (χ4n) is 3.98. The highest BCUT2D eigenvalue weighted by Crippen LogP contribution is 2.32. The fourth-order valence-corrected chi connectivity index (χ4v) is 4.37. The van der Waals surface area contributed by atoms with Crippen LogP contribution in [0.3, 0.4) is 0 Å². The van der Waals surface area contributed by atoms with Gasteiger partial charge >= 0.3 is 0 Å². The van der Waals surface area contributed by atoms with E-state index >= 15 is 0 Å². The minimum Gasteiger partial charge on any atom is -0.337 e. The molecular weight excluding hydrogens is 458 g/mol. The number of hydrogen-bond donors (Lipinski definition) is 1. The molecule has 7 nitrogen and oxygen atoms in total. The third-order valence-electron chi connectivity index (χ3n) is 5.86. The van der Waals surface area contributed by atoms with E-state index in [4.69, 9.17) is 4.52 Å². The Morgan fingerprint density at radius 3 is 2.84 bits per heavy atom. The number of rotatable bonds is 4. The van der Waals surface area contributed by atoms with Gasteiger partial charge in [0.05, 0.1) is 6.04 Å². The van der Waals surface area contributed by atoms with Crippen molar-refractivity contribution in [1.82, 2.24) is 25.5 Å². The van der Waals surface area contributed by atoms with Crippen molar-refractivity contribution in [2.24, 2.45) is 0 Å². The predicted molar refractivity (Wildman–Crippen MR) is 119 cm³/mol. The molecule has 1 aromatic heterocycles. The third kappa shape index (κ3) is 3.88. The molecule has 0 saturated carbocycles. The van der Waals surface area contributed by atoms with Crippen molar-refractivity contribution in [3.8, 4) is 11.4 Å². The predicted octanol–water partition coefficient (Wildman–Crippen LogP) is 4.25. The molecule has 3 heterocycles. The Morgan fingerprint density at radius 2 is 2.03 bits per heavy atom. The zero-order chi connectivity index (χ0) is 21.5. The van der Waals surface area contributed by atoms with Crippen LogP contribution in [0, 0.1) is 13.8 Å². The Hall–Kier alpha value is -2.97. The highest BCUT2D eigenvalue weighted by Gasteiger charge is 2.40. The molecule has 0 bridgehead atoms. The van der Waals surface area contributed by atoms with E-state index in [2.05, 4.69) is 63.5 Å². The van der Waals surface area contributed by atoms with Crippen molar-refractivity contribution in [3.05, 3.63) is 81.9 Å². The van der Waals surface area contributed by atoms with Crippen LogP contribution in [-0.2, 0) is 11.3 Å². The lowest BCUT2D eigenvalue weighted by Gasteiger charge is -2.30. The lowest BCUT2D eigenvalue weighted by Crippen LogP contribution is -2.47. The zero-order valence-electron chi connectivity index (χ0n) is 17.2. The molecule has 31 heavy (non-hydrogen) atoms. The maximum absolute atomic E-state index is 13.1. The third-order valence-corrected chi connectivity index (χ3v) is 6.36. The van der Waals surface area contributed by atoms with E-state index in [1.807, 2.05) is 35.5 Å². The molecule has 2 atom stereocenters. The molecule has 2 unspecified atom stereocenters. The molecular formula is C23H22BrN5O2. The number of halogens is 1. The van der Waals surface area contributed by atoms with Gasteiger partial charge in [-0.05, 0) is 49.1 Å². The average molecular weight is 480 g/mol. The molecule has 0 spiro atoms. The summed E-state index contributed by atoms with van der Waals surface area (Å²) < 4.78 is 6.34. The number of benzene rings is 2. The summed E-state index contributed by atoms with van der Waals surface area (Å²) in [6, 6.07) is 14.0. The topological polar surface area (TPSA) is 74.5 Å². The molecule has 2 aromatic carbocycles. The van der Waals surface area contributed by atoms with Crippen molar-refractivity contribution < 1.29 is 9.32 Å². The fraction of sp³-hybridized carbons (Fsp3) is 0.261. The smallest absolute Gasteiger partial charge is 0.251 e. The summed E-state index contributed by atoms with van der Waals surface area (Å²) in [6.07, 6.45) is 4.37. The molecule has 5 rings (SSSR count). The Kier molecular flexibility index (Phi) is 5.11. The monoisotopic (exact) mass is 479 g/mol. The highest BCUT2D eigenvalue weighted by atomic mass is 79.9. The van der Waals surface area contributed by atoms with Crippen molar-refractivity contribution in [2.45, 2.75) is 38.9 Å². The lowest BCUT2D eigenvalue weighted by atomic mass is 9.97. The molecule has 158 valence electrons. The molecule has 8 heteroatoms. The van der Waals surface area contributed by atoms with Crippen molar-refractivity contribution >= 4 is 21.8 Å². The number of aromatic nitrogens is 2. The van der Waals surface area contributed by atoms with Crippen molar-refractivity contribution in [2.75, 3.05) is 0 Å². The minimum atomic E-state index is -0.260. The molecule has 1 amide bonds. The van der Waals surface area contributed by atoms with Gasteiger partial charge in [-0.2, -0.15) is 4.98 Å². The molecule has 2 aliphatic rings. The molecule has 3 aromatic rings. The molecule has 1 fully saturated rings. The number of aryl methyl sites for hydroxylation is 2. The van der Waals surface area contributed by atoms with Gasteiger partial charge in [0.15, 0.2) is 0 Å². The van der Waals surface area contributed by atoms with Gasteiger partial charge < -0.3 is 14.4 Å². The average Bonchev–Trinajstić information content (AvgIpc) is 3.40. The molecule has 1 saturated heterocycles. The highest BCUT2D eigenvalue weighted by molar-refractivity contribution is 9.10. The van der Waals surface area contributed by atoms with Gasteiger partial charge in [-0.25, -0.2) is 5.43 Å². The van der Waals surface area contributed by atoms with Crippen molar-refractivity contribution in [1.29, 1.82) is 0 Å². The number of amides is 1. The molecule has 2 aliphatic heterocycles. The summed E-state index contributed by atoms with van der Waals surface area (Å²) in [5, 5.41) is 5.96. The first-order valence-corrected chi connectivity index (χ1v) is 11.0. The summed E-state index contributed by atoms with van der Waals surface area (Å²) in [5.74, 6) is 0.922. The molecule has 1 N–H and O–H groups in total. The summed E-state index contributed by atoms with van der Waals surface area (Å²) in [4.78, 5) is 19.2. The maximum Gasteiger partial charge on any atom is 0.251 e. The Bertz CT molecular complexity index is 1170. The summed E-state index contributed by atoms with van der Waals surface area (Å²) in [7, 11) is 0. The first-order valence-electron chi connectivity index (χ1n) is 10.2. The van der Waals surface area contributed by atoms with Gasteiger partial charge in [-0.1, -0.05) is 51.4 Å².